The van der Waals surface area contributed by atoms with Crippen LogP contribution in [0.2, 0.25) is 5.02 Å². The van der Waals surface area contributed by atoms with Crippen molar-refractivity contribution in [2.45, 2.75) is 31.6 Å². The summed E-state index contributed by atoms with van der Waals surface area (Å²) in [4.78, 5) is 35.0. The molecule has 1 aliphatic heterocycles. The number of amides is 1. The number of pyridine rings is 2. The molecule has 1 saturated heterocycles. The highest BCUT2D eigenvalue weighted by molar-refractivity contribution is 6.33. The summed E-state index contributed by atoms with van der Waals surface area (Å²) in [7, 11) is 3.00. The molecule has 1 amide bonds. The second-order valence-electron chi connectivity index (χ2n) is 7.62. The molecule has 0 spiro atoms. The Kier molecular flexibility index (Phi) is 8.81. The highest BCUT2D eigenvalue weighted by atomic mass is 35.5. The van der Waals surface area contributed by atoms with E-state index in [9.17, 15) is 9.59 Å². The normalized spacial score (nSPS) is 18.5. The Bertz CT molecular complexity index is 962. The number of nitrogens with one attached hydrogen (secondary N) is 1. The third-order valence-corrected chi connectivity index (χ3v) is 5.75. The van der Waals surface area contributed by atoms with Gasteiger partial charge in [-0.25, -0.2) is 0 Å². The average molecular weight is 478 g/mol. The second kappa shape index (κ2) is 11.8. The Balaban J connectivity index is 1.49. The number of aromatic nitrogens is 2. The van der Waals surface area contributed by atoms with E-state index in [1.165, 1.54) is 13.2 Å². The third kappa shape index (κ3) is 6.77. The molecule has 3 rings (SSSR count). The number of nitrogens with zero attached hydrogens (tertiary/aromatic N) is 3. The lowest BCUT2D eigenvalue weighted by atomic mass is 10.0. The summed E-state index contributed by atoms with van der Waals surface area (Å²) < 4.78 is 16.1. The van der Waals surface area contributed by atoms with E-state index in [0.717, 1.165) is 5.56 Å². The maximum absolute atomic E-state index is 12.8. The van der Waals surface area contributed by atoms with Gasteiger partial charge in [-0.15, -0.1) is 0 Å². The molecule has 0 bridgehead atoms. The SMILES string of the molecule is COc1nc(N)c(Cl)cc1C(=O)NC1CCN(CCC(=O)OCc2ccncc2)CC1OC. The molecule has 178 valence electrons. The fourth-order valence-electron chi connectivity index (χ4n) is 3.60. The van der Waals surface area contributed by atoms with Gasteiger partial charge < -0.3 is 30.2 Å². The first-order valence-electron chi connectivity index (χ1n) is 10.5. The van der Waals surface area contributed by atoms with Gasteiger partial charge in [0.2, 0.25) is 5.88 Å². The number of carbonyl (C=O) groups is 2. The van der Waals surface area contributed by atoms with Crippen molar-refractivity contribution in [1.82, 2.24) is 20.2 Å². The Hall–Kier alpha value is -2.95. The van der Waals surface area contributed by atoms with Gasteiger partial charge in [-0.1, -0.05) is 11.6 Å². The number of ether oxygens (including phenoxy) is 3. The minimum atomic E-state index is -0.374. The highest BCUT2D eigenvalue weighted by Crippen LogP contribution is 2.25. The standard InChI is InChI=1S/C22H28ClN5O5/c1-31-18-12-28(10-6-19(29)33-13-14-3-7-25-8-4-14)9-5-17(18)26-21(30)15-11-16(23)20(24)27-22(15)32-2/h3-4,7-8,11,17-18H,5-6,9-10,12-13H2,1-2H3,(H2,24,27)(H,26,30). The Labute approximate surface area is 197 Å². The van der Waals surface area contributed by atoms with Gasteiger partial charge in [-0.2, -0.15) is 4.98 Å². The number of anilines is 1. The largest absolute Gasteiger partial charge is 0.480 e. The second-order valence-corrected chi connectivity index (χ2v) is 8.03. The van der Waals surface area contributed by atoms with Crippen molar-refractivity contribution < 1.29 is 23.8 Å². The zero-order chi connectivity index (χ0) is 23.8. The summed E-state index contributed by atoms with van der Waals surface area (Å²) in [6.45, 7) is 2.03. The molecule has 3 heterocycles. The molecule has 0 aromatic carbocycles. The Morgan fingerprint density at radius 3 is 2.76 bits per heavy atom. The predicted molar refractivity (Wildman–Crippen MR) is 122 cm³/mol. The predicted octanol–water partition coefficient (Wildman–Crippen LogP) is 1.67. The molecule has 3 N–H and O–H groups in total. The zero-order valence-electron chi connectivity index (χ0n) is 18.6. The lowest BCUT2D eigenvalue weighted by Gasteiger charge is -2.38. The minimum Gasteiger partial charge on any atom is -0.480 e. The van der Waals surface area contributed by atoms with E-state index in [1.54, 1.807) is 31.6 Å². The third-order valence-electron chi connectivity index (χ3n) is 5.45. The molecule has 33 heavy (non-hydrogen) atoms. The van der Waals surface area contributed by atoms with Crippen LogP contribution < -0.4 is 15.8 Å². The molecule has 10 nitrogen and oxygen atoms in total. The summed E-state index contributed by atoms with van der Waals surface area (Å²) >= 11 is 6.03. The van der Waals surface area contributed by atoms with Crippen LogP contribution in [-0.2, 0) is 20.9 Å². The van der Waals surface area contributed by atoms with Crippen LogP contribution in [0, 0.1) is 0 Å². The molecule has 2 aromatic rings. The Morgan fingerprint density at radius 1 is 1.30 bits per heavy atom. The Morgan fingerprint density at radius 2 is 2.06 bits per heavy atom. The van der Waals surface area contributed by atoms with E-state index in [2.05, 4.69) is 20.2 Å². The molecular weight excluding hydrogens is 450 g/mol. The number of rotatable bonds is 9. The summed E-state index contributed by atoms with van der Waals surface area (Å²) in [5.74, 6) is -0.448. The fourth-order valence-corrected chi connectivity index (χ4v) is 3.75. The van der Waals surface area contributed by atoms with Crippen LogP contribution in [0.25, 0.3) is 0 Å². The van der Waals surface area contributed by atoms with Crippen molar-refractivity contribution in [2.24, 2.45) is 0 Å². The van der Waals surface area contributed by atoms with Crippen molar-refractivity contribution in [3.8, 4) is 5.88 Å². The molecule has 0 radical (unpaired) electrons. The van der Waals surface area contributed by atoms with Crippen LogP contribution in [-0.4, -0.2) is 72.7 Å². The topological polar surface area (TPSA) is 129 Å². The smallest absolute Gasteiger partial charge is 0.307 e. The average Bonchev–Trinajstić information content (AvgIpc) is 2.83. The number of nitrogens with two attached hydrogens (primary N) is 1. The van der Waals surface area contributed by atoms with Crippen LogP contribution >= 0.6 is 11.6 Å². The zero-order valence-corrected chi connectivity index (χ0v) is 19.4. The van der Waals surface area contributed by atoms with Gasteiger partial charge in [0.15, 0.2) is 0 Å². The molecule has 1 aliphatic rings. The first-order chi connectivity index (χ1) is 15.9. The number of carbonyl (C=O) groups excluding carboxylic acids is 2. The van der Waals surface area contributed by atoms with Crippen molar-refractivity contribution in [3.63, 3.8) is 0 Å². The van der Waals surface area contributed by atoms with Gasteiger partial charge in [0, 0.05) is 39.1 Å². The van der Waals surface area contributed by atoms with Gasteiger partial charge in [-0.05, 0) is 30.2 Å². The monoisotopic (exact) mass is 477 g/mol. The lowest BCUT2D eigenvalue weighted by Crippen LogP contribution is -2.55. The molecule has 11 heteroatoms. The van der Waals surface area contributed by atoms with E-state index in [1.807, 2.05) is 0 Å². The van der Waals surface area contributed by atoms with E-state index >= 15 is 0 Å². The van der Waals surface area contributed by atoms with Crippen LogP contribution in [0.4, 0.5) is 5.82 Å². The molecule has 0 saturated carbocycles. The number of nitrogen functional groups attached to an aromatic ring is 1. The van der Waals surface area contributed by atoms with Gasteiger partial charge in [0.25, 0.3) is 5.91 Å². The molecule has 0 aliphatic carbocycles. The van der Waals surface area contributed by atoms with Crippen molar-refractivity contribution in [1.29, 1.82) is 0 Å². The van der Waals surface area contributed by atoms with Crippen molar-refractivity contribution in [2.75, 3.05) is 39.6 Å². The minimum absolute atomic E-state index is 0.0902. The van der Waals surface area contributed by atoms with Crippen LogP contribution in [0.5, 0.6) is 5.88 Å². The number of likely N-dealkylation sites (tertiary alicyclic amines) is 1. The quantitative estimate of drug-likeness (QED) is 0.518. The maximum atomic E-state index is 12.8. The van der Waals surface area contributed by atoms with Gasteiger partial charge >= 0.3 is 5.97 Å². The number of esters is 1. The number of piperidine rings is 1. The first kappa shape index (κ1) is 24.7. The summed E-state index contributed by atoms with van der Waals surface area (Å²) in [5.41, 5.74) is 6.78. The van der Waals surface area contributed by atoms with E-state index in [4.69, 9.17) is 31.5 Å². The first-order valence-corrected chi connectivity index (χ1v) is 10.9. The fraction of sp³-hybridized carbons (Fsp3) is 0.455. The van der Waals surface area contributed by atoms with E-state index < -0.39 is 0 Å². The van der Waals surface area contributed by atoms with Crippen LogP contribution in [0.3, 0.4) is 0 Å². The molecule has 1 fully saturated rings. The van der Waals surface area contributed by atoms with Gasteiger partial charge in [-0.3, -0.25) is 14.6 Å². The number of hydrogen-bond acceptors (Lipinski definition) is 9. The maximum Gasteiger partial charge on any atom is 0.307 e. The molecule has 2 unspecified atom stereocenters. The molecule has 2 aromatic heterocycles. The number of hydrogen-bond donors (Lipinski definition) is 2. The molecule has 2 atom stereocenters. The lowest BCUT2D eigenvalue weighted by molar-refractivity contribution is -0.145. The van der Waals surface area contributed by atoms with E-state index in [0.29, 0.717) is 26.1 Å². The summed E-state index contributed by atoms with van der Waals surface area (Å²) in [6, 6.07) is 4.82. The van der Waals surface area contributed by atoms with Gasteiger partial charge in [0.1, 0.15) is 18.0 Å². The van der Waals surface area contributed by atoms with Crippen molar-refractivity contribution in [3.05, 3.63) is 46.7 Å². The van der Waals surface area contributed by atoms with E-state index in [-0.39, 0.29) is 59.3 Å². The van der Waals surface area contributed by atoms with Crippen LogP contribution in [0.1, 0.15) is 28.8 Å². The summed E-state index contributed by atoms with van der Waals surface area (Å²) in [6.07, 6.45) is 3.98. The van der Waals surface area contributed by atoms with Crippen molar-refractivity contribution >= 4 is 29.3 Å². The number of halogens is 1. The van der Waals surface area contributed by atoms with Crippen LogP contribution in [0.15, 0.2) is 30.6 Å². The highest BCUT2D eigenvalue weighted by Gasteiger charge is 2.31. The van der Waals surface area contributed by atoms with Gasteiger partial charge in [0.05, 0.1) is 30.7 Å². The summed E-state index contributed by atoms with van der Waals surface area (Å²) in [5, 5.41) is 3.15. The number of methoxy groups -OCH3 is 2. The molecular formula is C22H28ClN5O5.